The fraction of sp³-hybridized carbons (Fsp3) is 0.889. The van der Waals surface area contributed by atoms with Gasteiger partial charge >= 0.3 is 0 Å². The number of ether oxygens (including phenoxy) is 1. The Morgan fingerprint density at radius 2 is 2.23 bits per heavy atom. The Morgan fingerprint density at radius 1 is 1.62 bits per heavy atom. The van der Waals surface area contributed by atoms with E-state index >= 15 is 0 Å². The third kappa shape index (κ3) is 3.51. The molecule has 0 N–H and O–H groups in total. The van der Waals surface area contributed by atoms with Crippen LogP contribution in [0.15, 0.2) is 0 Å². The van der Waals surface area contributed by atoms with Gasteiger partial charge in [0.25, 0.3) is 0 Å². The Labute approximate surface area is 84.2 Å². The lowest BCUT2D eigenvalue weighted by molar-refractivity contribution is 0.0440. The lowest BCUT2D eigenvalue weighted by Gasteiger charge is -2.31. The van der Waals surface area contributed by atoms with Gasteiger partial charge in [-0.15, -0.1) is 11.6 Å². The molecule has 1 unspecified atom stereocenters. The number of rotatable bonds is 3. The van der Waals surface area contributed by atoms with Crippen molar-refractivity contribution in [2.45, 2.75) is 24.3 Å². The minimum absolute atomic E-state index is 0.396. The number of hydrogen-bond acceptors (Lipinski definition) is 3. The molecule has 0 amide bonds. The smallest absolute Gasteiger partial charge is 0.133 e. The van der Waals surface area contributed by atoms with Gasteiger partial charge in [0.2, 0.25) is 0 Å². The van der Waals surface area contributed by atoms with E-state index in [4.69, 9.17) is 21.6 Å². The Bertz CT molecular complexity index is 187. The van der Waals surface area contributed by atoms with Crippen LogP contribution in [0.25, 0.3) is 0 Å². The second-order valence-corrected chi connectivity index (χ2v) is 3.91. The summed E-state index contributed by atoms with van der Waals surface area (Å²) in [5, 5.41) is 8.15. The van der Waals surface area contributed by atoms with E-state index in [1.807, 2.05) is 13.1 Å². The molecule has 1 heterocycles. The van der Waals surface area contributed by atoms with Crippen molar-refractivity contribution in [3.05, 3.63) is 0 Å². The molecule has 0 spiro atoms. The van der Waals surface area contributed by atoms with Crippen molar-refractivity contribution in [2.24, 2.45) is 0 Å². The standard InChI is InChI=1S/C9H15ClN2O/c1-12(7-8(10)6-11)9-2-4-13-5-3-9/h8-9H,2-5,7H2,1H3. The Balaban J connectivity index is 2.29. The zero-order valence-corrected chi connectivity index (χ0v) is 8.63. The number of halogens is 1. The van der Waals surface area contributed by atoms with Gasteiger partial charge in [0.1, 0.15) is 5.38 Å². The van der Waals surface area contributed by atoms with Crippen molar-refractivity contribution in [3.8, 4) is 6.07 Å². The van der Waals surface area contributed by atoms with Crippen LogP contribution in [-0.4, -0.2) is 43.1 Å². The van der Waals surface area contributed by atoms with Crippen LogP contribution in [0.3, 0.4) is 0 Å². The van der Waals surface area contributed by atoms with Crippen LogP contribution in [0.4, 0.5) is 0 Å². The predicted molar refractivity (Wildman–Crippen MR) is 51.7 cm³/mol. The van der Waals surface area contributed by atoms with Crippen molar-refractivity contribution >= 4 is 11.6 Å². The highest BCUT2D eigenvalue weighted by atomic mass is 35.5. The Kier molecular flexibility index (Phi) is 4.51. The SMILES string of the molecule is CN(CC(Cl)C#N)C1CCOCC1. The van der Waals surface area contributed by atoms with E-state index in [0.29, 0.717) is 12.6 Å². The molecule has 0 aliphatic carbocycles. The molecule has 0 saturated carbocycles. The van der Waals surface area contributed by atoms with E-state index in [1.165, 1.54) is 0 Å². The summed E-state index contributed by atoms with van der Waals surface area (Å²) < 4.78 is 5.26. The minimum Gasteiger partial charge on any atom is -0.381 e. The molecular weight excluding hydrogens is 188 g/mol. The third-order valence-corrected chi connectivity index (χ3v) is 2.64. The Hall–Kier alpha value is -0.300. The maximum Gasteiger partial charge on any atom is 0.133 e. The number of nitrogens with zero attached hydrogens (tertiary/aromatic N) is 2. The van der Waals surface area contributed by atoms with Gasteiger partial charge in [-0.1, -0.05) is 0 Å². The van der Waals surface area contributed by atoms with E-state index in [9.17, 15) is 0 Å². The predicted octanol–water partition coefficient (Wildman–Crippen LogP) is 1.23. The average Bonchev–Trinajstić information content (AvgIpc) is 2.19. The quantitative estimate of drug-likeness (QED) is 0.646. The molecule has 1 aliphatic heterocycles. The maximum absolute atomic E-state index is 8.55. The first kappa shape index (κ1) is 10.8. The van der Waals surface area contributed by atoms with E-state index in [1.54, 1.807) is 0 Å². The highest BCUT2D eigenvalue weighted by molar-refractivity contribution is 6.22. The van der Waals surface area contributed by atoms with Gasteiger partial charge in [-0.2, -0.15) is 5.26 Å². The molecule has 3 nitrogen and oxygen atoms in total. The molecule has 0 aromatic carbocycles. The van der Waals surface area contributed by atoms with E-state index in [2.05, 4.69) is 4.90 Å². The molecule has 0 aromatic rings. The van der Waals surface area contributed by atoms with E-state index < -0.39 is 5.38 Å². The zero-order chi connectivity index (χ0) is 9.68. The minimum atomic E-state index is -0.396. The number of hydrogen-bond donors (Lipinski definition) is 0. The summed E-state index contributed by atoms with van der Waals surface area (Å²) in [4.78, 5) is 2.16. The Morgan fingerprint density at radius 3 is 2.77 bits per heavy atom. The molecular formula is C9H15ClN2O. The summed E-state index contributed by atoms with van der Waals surface area (Å²) in [7, 11) is 2.02. The van der Waals surface area contributed by atoms with Gasteiger partial charge in [-0.25, -0.2) is 0 Å². The highest BCUT2D eigenvalue weighted by Gasteiger charge is 2.19. The summed E-state index contributed by atoms with van der Waals surface area (Å²) in [6.07, 6.45) is 2.09. The molecule has 1 saturated heterocycles. The van der Waals surface area contributed by atoms with Crippen LogP contribution < -0.4 is 0 Å². The van der Waals surface area contributed by atoms with Crippen LogP contribution in [0.1, 0.15) is 12.8 Å². The maximum atomic E-state index is 8.55. The fourth-order valence-corrected chi connectivity index (χ4v) is 1.79. The first-order valence-corrected chi connectivity index (χ1v) is 4.99. The lowest BCUT2D eigenvalue weighted by Crippen LogP contribution is -2.39. The molecule has 1 rings (SSSR count). The van der Waals surface area contributed by atoms with Crippen LogP contribution >= 0.6 is 11.6 Å². The van der Waals surface area contributed by atoms with Crippen LogP contribution in [0.5, 0.6) is 0 Å². The van der Waals surface area contributed by atoms with Gasteiger partial charge in [0, 0.05) is 25.8 Å². The molecule has 1 atom stereocenters. The lowest BCUT2D eigenvalue weighted by atomic mass is 10.1. The van der Waals surface area contributed by atoms with Crippen LogP contribution in [0.2, 0.25) is 0 Å². The van der Waals surface area contributed by atoms with Gasteiger partial charge in [-0.05, 0) is 19.9 Å². The molecule has 1 aliphatic rings. The van der Waals surface area contributed by atoms with Crippen molar-refractivity contribution in [3.63, 3.8) is 0 Å². The summed E-state index contributed by atoms with van der Waals surface area (Å²) >= 11 is 5.75. The van der Waals surface area contributed by atoms with Crippen molar-refractivity contribution in [2.75, 3.05) is 26.8 Å². The summed E-state index contributed by atoms with van der Waals surface area (Å²) in [6.45, 7) is 2.30. The number of nitriles is 1. The van der Waals surface area contributed by atoms with Crippen molar-refractivity contribution in [1.82, 2.24) is 4.90 Å². The average molecular weight is 203 g/mol. The second-order valence-electron chi connectivity index (χ2n) is 3.38. The first-order chi connectivity index (χ1) is 6.24. The molecule has 74 valence electrons. The zero-order valence-electron chi connectivity index (χ0n) is 7.87. The second kappa shape index (κ2) is 5.43. The largest absolute Gasteiger partial charge is 0.381 e. The van der Waals surface area contributed by atoms with Crippen molar-refractivity contribution in [1.29, 1.82) is 5.26 Å². The van der Waals surface area contributed by atoms with E-state index in [-0.39, 0.29) is 0 Å². The van der Waals surface area contributed by atoms with E-state index in [0.717, 1.165) is 26.1 Å². The van der Waals surface area contributed by atoms with Crippen molar-refractivity contribution < 1.29 is 4.74 Å². The van der Waals surface area contributed by atoms with Gasteiger partial charge < -0.3 is 9.64 Å². The molecule has 1 fully saturated rings. The summed E-state index contributed by atoms with van der Waals surface area (Å²) in [6, 6.07) is 2.56. The van der Waals surface area contributed by atoms with Gasteiger partial charge in [0.05, 0.1) is 6.07 Å². The summed E-state index contributed by atoms with van der Waals surface area (Å²) in [5.74, 6) is 0. The third-order valence-electron chi connectivity index (χ3n) is 2.40. The monoisotopic (exact) mass is 202 g/mol. The van der Waals surface area contributed by atoms with Gasteiger partial charge in [-0.3, -0.25) is 0 Å². The molecule has 0 aromatic heterocycles. The fourth-order valence-electron chi connectivity index (χ4n) is 1.57. The topological polar surface area (TPSA) is 36.3 Å². The highest BCUT2D eigenvalue weighted by Crippen LogP contribution is 2.13. The summed E-state index contributed by atoms with van der Waals surface area (Å²) in [5.41, 5.74) is 0. The number of alkyl halides is 1. The molecule has 0 radical (unpaired) electrons. The molecule has 13 heavy (non-hydrogen) atoms. The normalized spacial score (nSPS) is 21.4. The molecule has 4 heteroatoms. The van der Waals surface area contributed by atoms with Crippen LogP contribution in [0, 0.1) is 11.3 Å². The first-order valence-electron chi connectivity index (χ1n) is 4.55. The molecule has 0 bridgehead atoms. The van der Waals surface area contributed by atoms with Crippen LogP contribution in [-0.2, 0) is 4.74 Å². The van der Waals surface area contributed by atoms with Gasteiger partial charge in [0.15, 0.2) is 0 Å².